The summed E-state index contributed by atoms with van der Waals surface area (Å²) in [6.07, 6.45) is 0. The normalized spacial score (nSPS) is 10.3. The Bertz CT molecular complexity index is 6860. The molecule has 0 radical (unpaired) electrons. The van der Waals surface area contributed by atoms with Crippen molar-refractivity contribution < 1.29 is 70.2 Å². The van der Waals surface area contributed by atoms with Crippen LogP contribution in [0.3, 0.4) is 0 Å². The summed E-state index contributed by atoms with van der Waals surface area (Å²) >= 11 is 18.1. The summed E-state index contributed by atoms with van der Waals surface area (Å²) in [5.74, 6) is 4.75. The number of methoxy groups -OCH3 is 4. The average molecular weight is 1880 g/mol. The lowest BCUT2D eigenvalue weighted by molar-refractivity contribution is -0.132. The van der Waals surface area contributed by atoms with Crippen LogP contribution in [-0.4, -0.2) is 52.3 Å². The van der Waals surface area contributed by atoms with Crippen molar-refractivity contribution in [3.05, 3.63) is 344 Å². The van der Waals surface area contributed by atoms with E-state index in [2.05, 4.69) is 76.1 Å². The molecule has 0 spiro atoms. The molecule has 0 amide bonds. The third-order valence-corrected chi connectivity index (χ3v) is 27.6. The van der Waals surface area contributed by atoms with Crippen molar-refractivity contribution in [3.63, 3.8) is 0 Å². The van der Waals surface area contributed by atoms with E-state index in [0.717, 1.165) is 83.5 Å². The molecule has 22 rings (SSSR count). The standard InChI is InChI=1S/4C10H8O2S.4C9H8OS.3C8H5FS/c1-7(11)12-9-2-3-10-8(6-9)4-5-13-10;1-7(11)12-9-3-2-8-4-5-13-10(8)6-9;1-7(11)12-9-3-2-4-10-8(9)5-6-13-10;1-7(11)12-9-4-2-3-8-5-6-13-10(8)9;1-10-8-2-3-9-7(6-8)4-5-11-9;1-10-8-3-2-7-4-5-11-9(7)6-8;1-10-8-3-2-4-9-7(8)5-6-11-9;1-10-8-4-2-3-7-5-6-11-9(7)8;9-7-1-2-8-6(5-7)3-4-10-8;9-7-2-1-6-3-4-10-8(6)5-7;9-7-3-1-2-6-4-5-10-8(6)7/h4*2-6H,1H3;4*2-6H,1H3;3*1-5H. The summed E-state index contributed by atoms with van der Waals surface area (Å²) in [5.41, 5.74) is 0. The molecule has 0 saturated heterocycles. The summed E-state index contributed by atoms with van der Waals surface area (Å²) in [5, 5.41) is 34.7. The first-order valence-electron chi connectivity index (χ1n) is 38.3. The zero-order valence-electron chi connectivity index (χ0n) is 68.8. The monoisotopic (exact) mass is 1880 g/mol. The smallest absolute Gasteiger partial charge is 0.308 e. The third-order valence-electron chi connectivity index (χ3n) is 17.7. The van der Waals surface area contributed by atoms with Crippen LogP contribution < -0.4 is 37.9 Å². The molecule has 0 fully saturated rings. The van der Waals surface area contributed by atoms with Crippen molar-refractivity contribution in [3.8, 4) is 46.0 Å². The maximum Gasteiger partial charge on any atom is 0.308 e. The quantitative estimate of drug-likeness (QED) is 0.106. The number of rotatable bonds is 8. The maximum atomic E-state index is 12.8. The summed E-state index contributed by atoms with van der Waals surface area (Å²) in [7, 11) is 6.78. The average Bonchev–Trinajstić information content (AvgIpc) is 1.67. The minimum absolute atomic E-state index is 0.118. The van der Waals surface area contributed by atoms with Crippen LogP contribution in [0.1, 0.15) is 27.7 Å². The topological polar surface area (TPSA) is 142 Å². The lowest BCUT2D eigenvalue weighted by Gasteiger charge is -2.01. The molecule has 0 atom stereocenters. The van der Waals surface area contributed by atoms with Crippen molar-refractivity contribution in [1.29, 1.82) is 0 Å². The summed E-state index contributed by atoms with van der Waals surface area (Å²) in [6.45, 7) is 5.62. The van der Waals surface area contributed by atoms with Crippen LogP contribution in [0, 0.1) is 17.5 Å². The number of benzene rings is 11. The second-order valence-corrected chi connectivity index (χ2v) is 36.7. The number of halogens is 3. The van der Waals surface area contributed by atoms with E-state index in [1.165, 1.54) is 108 Å². The number of hydrogen-bond donors (Lipinski definition) is 0. The van der Waals surface area contributed by atoms with Gasteiger partial charge in [0.25, 0.3) is 0 Å². The van der Waals surface area contributed by atoms with Gasteiger partial charge in [0, 0.05) is 76.1 Å². The Morgan fingerprint density at radius 3 is 1.06 bits per heavy atom. The zero-order valence-corrected chi connectivity index (χ0v) is 77.8. The molecule has 0 unspecified atom stereocenters. The van der Waals surface area contributed by atoms with E-state index in [1.807, 2.05) is 177 Å². The number of carbonyl (C=O) groups is 4. The van der Waals surface area contributed by atoms with Gasteiger partial charge in [-0.05, 0) is 320 Å². The minimum Gasteiger partial charge on any atom is -0.497 e. The predicted molar refractivity (Wildman–Crippen MR) is 531 cm³/mol. The Kier molecular flexibility index (Phi) is 34.9. The molecule has 0 aliphatic heterocycles. The van der Waals surface area contributed by atoms with E-state index in [1.54, 1.807) is 196 Å². The maximum absolute atomic E-state index is 12.8. The van der Waals surface area contributed by atoms with Gasteiger partial charge in [-0.25, -0.2) is 13.2 Å². The van der Waals surface area contributed by atoms with Gasteiger partial charge < -0.3 is 37.9 Å². The van der Waals surface area contributed by atoms with E-state index in [9.17, 15) is 32.3 Å². The molecule has 0 saturated carbocycles. The van der Waals surface area contributed by atoms with Gasteiger partial charge in [-0.2, -0.15) is 0 Å². The first kappa shape index (κ1) is 93.0. The molecule has 0 bridgehead atoms. The van der Waals surface area contributed by atoms with Crippen LogP contribution in [-0.2, 0) is 19.2 Å². The Morgan fingerprint density at radius 1 is 0.222 bits per heavy atom. The van der Waals surface area contributed by atoms with Crippen LogP contribution in [0.25, 0.3) is 111 Å². The second kappa shape index (κ2) is 47.3. The zero-order chi connectivity index (χ0) is 88.7. The highest BCUT2D eigenvalue weighted by Crippen LogP contribution is 2.36. The lowest BCUT2D eigenvalue weighted by Crippen LogP contribution is -2.01. The van der Waals surface area contributed by atoms with Gasteiger partial charge in [0.05, 0.1) is 42.5 Å². The van der Waals surface area contributed by atoms with E-state index in [4.69, 9.17) is 37.9 Å². The first-order chi connectivity index (χ1) is 61.3. The van der Waals surface area contributed by atoms with E-state index in [0.29, 0.717) is 23.0 Å². The number of esters is 4. The molecular weight excluding hydrogens is 1800 g/mol. The van der Waals surface area contributed by atoms with Crippen molar-refractivity contribution in [2.75, 3.05) is 28.4 Å². The first-order valence-corrected chi connectivity index (χ1v) is 48.0. The predicted octanol–water partition coefficient (Wildman–Crippen LogP) is 32.1. The lowest BCUT2D eigenvalue weighted by atomic mass is 10.2. The van der Waals surface area contributed by atoms with Crippen LogP contribution in [0.2, 0.25) is 0 Å². The van der Waals surface area contributed by atoms with Gasteiger partial charge in [-0.1, -0.05) is 54.6 Å². The number of fused-ring (bicyclic) bond motifs is 11. The molecule has 22 aromatic rings. The molecule has 126 heavy (non-hydrogen) atoms. The Hall–Kier alpha value is -12.2. The van der Waals surface area contributed by atoms with Gasteiger partial charge in [0.2, 0.25) is 0 Å². The summed E-state index contributed by atoms with van der Waals surface area (Å²) in [6, 6.07) is 84.1. The van der Waals surface area contributed by atoms with Crippen molar-refractivity contribution >= 4 is 260 Å². The van der Waals surface area contributed by atoms with Crippen LogP contribution in [0.15, 0.2) is 326 Å². The number of hydrogen-bond acceptors (Lipinski definition) is 23. The highest BCUT2D eigenvalue weighted by molar-refractivity contribution is 7.20. The second-order valence-electron chi connectivity index (χ2n) is 26.3. The van der Waals surface area contributed by atoms with Gasteiger partial charge in [0.15, 0.2) is 0 Å². The molecule has 0 N–H and O–H groups in total. The van der Waals surface area contributed by atoms with Gasteiger partial charge in [-0.15, -0.1) is 125 Å². The largest absolute Gasteiger partial charge is 0.497 e. The molecule has 12 nitrogen and oxygen atoms in total. The fourth-order valence-corrected chi connectivity index (χ4v) is 20.9. The highest BCUT2D eigenvalue weighted by atomic mass is 32.1. The van der Waals surface area contributed by atoms with E-state index >= 15 is 0 Å². The fraction of sp³-hybridized carbons (Fsp3) is 0.0800. The Morgan fingerprint density at radius 2 is 0.540 bits per heavy atom. The van der Waals surface area contributed by atoms with Crippen molar-refractivity contribution in [2.45, 2.75) is 27.7 Å². The molecule has 11 aromatic heterocycles. The van der Waals surface area contributed by atoms with Gasteiger partial charge in [0.1, 0.15) is 63.4 Å². The fourth-order valence-electron chi connectivity index (χ4n) is 12.0. The highest BCUT2D eigenvalue weighted by Gasteiger charge is 2.10. The number of thiophene rings is 11. The van der Waals surface area contributed by atoms with Crippen LogP contribution in [0.5, 0.6) is 46.0 Å². The molecular formula is C100H79F3O12S11. The van der Waals surface area contributed by atoms with Gasteiger partial charge in [-0.3, -0.25) is 19.2 Å². The molecule has 0 aliphatic rings. The molecule has 11 heterocycles. The molecule has 11 aromatic carbocycles. The number of carbonyl (C=O) groups excluding carboxylic acids is 4. The summed E-state index contributed by atoms with van der Waals surface area (Å²) < 4.78 is 91.0. The van der Waals surface area contributed by atoms with Crippen LogP contribution in [0.4, 0.5) is 13.2 Å². The SMILES string of the molecule is CC(=O)Oc1ccc2ccsc2c1.CC(=O)Oc1ccc2sccc2c1.CC(=O)Oc1cccc2ccsc12.CC(=O)Oc1cccc2sccc12.COc1ccc2ccsc2c1.COc1ccc2sccc2c1.COc1cccc2ccsc12.COc1cccc2sccc12.Fc1ccc2ccsc2c1.Fc1ccc2sccc2c1.Fc1cccc2ccsc12. The Balaban J connectivity index is 0.000000126. The summed E-state index contributed by atoms with van der Waals surface area (Å²) in [4.78, 5) is 42.9. The van der Waals surface area contributed by atoms with Gasteiger partial charge >= 0.3 is 23.9 Å². The van der Waals surface area contributed by atoms with Crippen molar-refractivity contribution in [1.82, 2.24) is 0 Å². The van der Waals surface area contributed by atoms with E-state index < -0.39 is 0 Å². The van der Waals surface area contributed by atoms with Crippen LogP contribution >= 0.6 is 125 Å². The molecule has 26 heteroatoms. The molecule has 0 aliphatic carbocycles. The van der Waals surface area contributed by atoms with E-state index in [-0.39, 0.29) is 41.3 Å². The third kappa shape index (κ3) is 26.9. The van der Waals surface area contributed by atoms with Crippen molar-refractivity contribution in [2.24, 2.45) is 0 Å². The number of ether oxygens (including phenoxy) is 8. The Labute approximate surface area is 768 Å². The minimum atomic E-state index is -0.283. The molecule has 638 valence electrons.